The molecule has 0 saturated carbocycles. The summed E-state index contributed by atoms with van der Waals surface area (Å²) in [5.41, 5.74) is 6.15. The van der Waals surface area contributed by atoms with Crippen molar-refractivity contribution >= 4 is 33.6 Å². The minimum atomic E-state index is -0.539. The standard InChI is InChI=1S/C19H15N5O3/c25-17(10-24-11-21-16-8-4-2-6-13(16)19(24)27)22-23-18(26)14-9-20-15-7-3-1-5-12(14)15/h1-9,11,20H,10H2,(H,22,25)(H,23,26). The molecule has 0 bridgehead atoms. The van der Waals surface area contributed by atoms with Crippen LogP contribution >= 0.6 is 0 Å². The van der Waals surface area contributed by atoms with Crippen LogP contribution in [0, 0.1) is 0 Å². The van der Waals surface area contributed by atoms with Crippen LogP contribution < -0.4 is 16.4 Å². The summed E-state index contributed by atoms with van der Waals surface area (Å²) in [5.74, 6) is -0.993. The molecule has 4 rings (SSSR count). The van der Waals surface area contributed by atoms with E-state index in [1.807, 2.05) is 24.3 Å². The average Bonchev–Trinajstić information content (AvgIpc) is 3.13. The molecule has 2 amide bonds. The van der Waals surface area contributed by atoms with Crippen molar-refractivity contribution in [2.75, 3.05) is 0 Å². The fourth-order valence-corrected chi connectivity index (χ4v) is 2.87. The summed E-state index contributed by atoms with van der Waals surface area (Å²) < 4.78 is 1.19. The zero-order valence-corrected chi connectivity index (χ0v) is 14.1. The Bertz CT molecular complexity index is 1220. The van der Waals surface area contributed by atoms with E-state index >= 15 is 0 Å². The van der Waals surface area contributed by atoms with Crippen LogP contribution in [0.3, 0.4) is 0 Å². The topological polar surface area (TPSA) is 109 Å². The number of hydrogen-bond donors (Lipinski definition) is 3. The van der Waals surface area contributed by atoms with Gasteiger partial charge in [-0.25, -0.2) is 4.98 Å². The molecule has 0 fully saturated rings. The Kier molecular flexibility index (Phi) is 4.13. The first-order valence-electron chi connectivity index (χ1n) is 8.23. The van der Waals surface area contributed by atoms with Gasteiger partial charge in [0.2, 0.25) is 0 Å². The van der Waals surface area contributed by atoms with Crippen molar-refractivity contribution in [3.05, 3.63) is 77.0 Å². The highest BCUT2D eigenvalue weighted by Gasteiger charge is 2.13. The highest BCUT2D eigenvalue weighted by molar-refractivity contribution is 6.07. The Morgan fingerprint density at radius 3 is 2.59 bits per heavy atom. The van der Waals surface area contributed by atoms with Crippen molar-refractivity contribution < 1.29 is 9.59 Å². The fourth-order valence-electron chi connectivity index (χ4n) is 2.87. The van der Waals surface area contributed by atoms with Gasteiger partial charge >= 0.3 is 0 Å². The van der Waals surface area contributed by atoms with Gasteiger partial charge in [-0.05, 0) is 18.2 Å². The van der Waals surface area contributed by atoms with Crippen LogP contribution in [0.1, 0.15) is 10.4 Å². The Morgan fingerprint density at radius 1 is 1.00 bits per heavy atom. The van der Waals surface area contributed by atoms with E-state index in [1.54, 1.807) is 30.5 Å². The zero-order chi connectivity index (χ0) is 18.8. The SMILES string of the molecule is O=C(Cn1cnc2ccccc2c1=O)NNC(=O)c1c[nH]c2ccccc12. The lowest BCUT2D eigenvalue weighted by molar-refractivity contribution is -0.122. The number of carbonyl (C=O) groups is 2. The van der Waals surface area contributed by atoms with Crippen LogP contribution in [-0.4, -0.2) is 26.3 Å². The number of benzene rings is 2. The number of hydrogen-bond acceptors (Lipinski definition) is 4. The number of nitrogens with one attached hydrogen (secondary N) is 3. The van der Waals surface area contributed by atoms with E-state index in [2.05, 4.69) is 20.8 Å². The van der Waals surface area contributed by atoms with Gasteiger partial charge in [0.15, 0.2) is 0 Å². The second kappa shape index (κ2) is 6.75. The van der Waals surface area contributed by atoms with Gasteiger partial charge in [-0.3, -0.25) is 29.8 Å². The van der Waals surface area contributed by atoms with Crippen LogP contribution in [-0.2, 0) is 11.3 Å². The number of fused-ring (bicyclic) bond motifs is 2. The van der Waals surface area contributed by atoms with E-state index in [0.717, 1.165) is 10.9 Å². The molecule has 0 radical (unpaired) electrons. The Balaban J connectivity index is 1.45. The maximum Gasteiger partial charge on any atom is 0.271 e. The number of hydrazine groups is 1. The largest absolute Gasteiger partial charge is 0.360 e. The lowest BCUT2D eigenvalue weighted by atomic mass is 10.2. The number of H-pyrrole nitrogens is 1. The van der Waals surface area contributed by atoms with Crippen LogP contribution in [0.4, 0.5) is 0 Å². The molecular weight excluding hydrogens is 346 g/mol. The predicted octanol–water partition coefficient (Wildman–Crippen LogP) is 1.34. The highest BCUT2D eigenvalue weighted by Crippen LogP contribution is 2.17. The highest BCUT2D eigenvalue weighted by atomic mass is 16.2. The molecule has 0 atom stereocenters. The van der Waals surface area contributed by atoms with Crippen molar-refractivity contribution in [3.63, 3.8) is 0 Å². The molecule has 8 nitrogen and oxygen atoms in total. The van der Waals surface area contributed by atoms with Gasteiger partial charge < -0.3 is 4.98 Å². The molecule has 2 aromatic carbocycles. The molecule has 0 unspecified atom stereocenters. The molecule has 0 saturated heterocycles. The molecule has 3 N–H and O–H groups in total. The third kappa shape index (κ3) is 3.15. The third-order valence-corrected chi connectivity index (χ3v) is 4.19. The first-order valence-corrected chi connectivity index (χ1v) is 8.23. The number of rotatable bonds is 3. The molecule has 4 aromatic rings. The normalized spacial score (nSPS) is 10.8. The molecule has 27 heavy (non-hydrogen) atoms. The Labute approximate surface area is 152 Å². The van der Waals surface area contributed by atoms with Gasteiger partial charge in [-0.2, -0.15) is 0 Å². The predicted molar refractivity (Wildman–Crippen MR) is 99.9 cm³/mol. The van der Waals surface area contributed by atoms with Crippen LogP contribution in [0.5, 0.6) is 0 Å². The van der Waals surface area contributed by atoms with Crippen molar-refractivity contribution in [1.29, 1.82) is 0 Å². The lowest BCUT2D eigenvalue weighted by Crippen LogP contribution is -2.44. The summed E-state index contributed by atoms with van der Waals surface area (Å²) in [6, 6.07) is 14.2. The van der Waals surface area contributed by atoms with Gasteiger partial charge in [0.1, 0.15) is 6.54 Å². The van der Waals surface area contributed by atoms with Gasteiger partial charge in [0.25, 0.3) is 17.4 Å². The molecule has 0 aliphatic carbocycles. The maximum atomic E-state index is 12.4. The summed E-state index contributed by atoms with van der Waals surface area (Å²) in [4.78, 5) is 43.9. The summed E-state index contributed by atoms with van der Waals surface area (Å²) in [7, 11) is 0. The molecule has 8 heteroatoms. The van der Waals surface area contributed by atoms with Gasteiger partial charge in [-0.15, -0.1) is 0 Å². The smallest absolute Gasteiger partial charge is 0.271 e. The van der Waals surface area contributed by atoms with Crippen molar-refractivity contribution in [2.45, 2.75) is 6.54 Å². The molecule has 2 heterocycles. The summed E-state index contributed by atoms with van der Waals surface area (Å²) in [5, 5.41) is 1.18. The van der Waals surface area contributed by atoms with Gasteiger partial charge in [0, 0.05) is 17.1 Å². The minimum absolute atomic E-state index is 0.259. The van der Waals surface area contributed by atoms with Crippen LogP contribution in [0.25, 0.3) is 21.8 Å². The quantitative estimate of drug-likeness (QED) is 0.478. The fraction of sp³-hybridized carbons (Fsp3) is 0.0526. The molecule has 0 aliphatic heterocycles. The van der Waals surface area contributed by atoms with Crippen molar-refractivity contribution in [3.8, 4) is 0 Å². The monoisotopic (exact) mass is 361 g/mol. The van der Waals surface area contributed by atoms with E-state index in [1.165, 1.54) is 10.9 Å². The Hall–Kier alpha value is -3.94. The van der Waals surface area contributed by atoms with Crippen LogP contribution in [0.2, 0.25) is 0 Å². The van der Waals surface area contributed by atoms with E-state index in [4.69, 9.17) is 0 Å². The third-order valence-electron chi connectivity index (χ3n) is 4.19. The molecular formula is C19H15N5O3. The number of amides is 2. The second-order valence-corrected chi connectivity index (χ2v) is 5.95. The summed E-state index contributed by atoms with van der Waals surface area (Å²) in [6.45, 7) is -0.259. The second-order valence-electron chi connectivity index (χ2n) is 5.95. The van der Waals surface area contributed by atoms with Crippen LogP contribution in [0.15, 0.2) is 65.8 Å². The van der Waals surface area contributed by atoms with Crippen molar-refractivity contribution in [2.24, 2.45) is 0 Å². The first-order chi connectivity index (χ1) is 13.1. The van der Waals surface area contributed by atoms with E-state index in [0.29, 0.717) is 16.5 Å². The lowest BCUT2D eigenvalue weighted by Gasteiger charge is -2.09. The van der Waals surface area contributed by atoms with E-state index in [-0.39, 0.29) is 12.1 Å². The number of aromatic nitrogens is 3. The number of nitrogens with zero attached hydrogens (tertiary/aromatic N) is 2. The maximum absolute atomic E-state index is 12.4. The average molecular weight is 361 g/mol. The summed E-state index contributed by atoms with van der Waals surface area (Å²) >= 11 is 0. The minimum Gasteiger partial charge on any atom is -0.360 e. The molecule has 0 aliphatic rings. The Morgan fingerprint density at radius 2 is 1.74 bits per heavy atom. The summed E-state index contributed by atoms with van der Waals surface area (Å²) in [6.07, 6.45) is 2.88. The molecule has 0 spiro atoms. The number of carbonyl (C=O) groups excluding carboxylic acids is 2. The van der Waals surface area contributed by atoms with Crippen molar-refractivity contribution in [1.82, 2.24) is 25.4 Å². The van der Waals surface area contributed by atoms with Gasteiger partial charge in [-0.1, -0.05) is 30.3 Å². The van der Waals surface area contributed by atoms with Gasteiger partial charge in [0.05, 0.1) is 22.8 Å². The van der Waals surface area contributed by atoms with E-state index in [9.17, 15) is 14.4 Å². The molecule has 134 valence electrons. The number of aromatic amines is 1. The van der Waals surface area contributed by atoms with E-state index < -0.39 is 11.8 Å². The first kappa shape index (κ1) is 16.5. The molecule has 2 aromatic heterocycles. The number of para-hydroxylation sites is 2. The zero-order valence-electron chi connectivity index (χ0n) is 14.1.